The van der Waals surface area contributed by atoms with Crippen LogP contribution in [0.1, 0.15) is 12.8 Å². The summed E-state index contributed by atoms with van der Waals surface area (Å²) in [5.41, 5.74) is 0. The third kappa shape index (κ3) is 3.63. The molecule has 2 N–H and O–H groups in total. The second-order valence-corrected chi connectivity index (χ2v) is 4.65. The minimum absolute atomic E-state index is 0.772. The molecule has 0 aromatic carbocycles. The molecule has 1 fully saturated rings. The van der Waals surface area contributed by atoms with Crippen molar-refractivity contribution in [3.8, 4) is 0 Å². The van der Waals surface area contributed by atoms with Crippen LogP contribution in [0.15, 0.2) is 0 Å². The third-order valence-corrected chi connectivity index (χ3v) is 3.52. The van der Waals surface area contributed by atoms with Gasteiger partial charge in [-0.1, -0.05) is 0 Å². The number of nitrogens with one attached hydrogen (secondary N) is 2. The van der Waals surface area contributed by atoms with Crippen LogP contribution in [0.2, 0.25) is 0 Å². The Balaban J connectivity index is 2.09. The molecule has 0 bridgehead atoms. The molecule has 12 heavy (non-hydrogen) atoms. The predicted molar refractivity (Wildman–Crippen MR) is 59.7 cm³/mol. The number of hydrogen-bond donors (Lipinski definition) is 2. The summed E-state index contributed by atoms with van der Waals surface area (Å²) < 4.78 is 0. The molecule has 1 aliphatic rings. The largest absolute Gasteiger partial charge is 0.366 e. The van der Waals surface area contributed by atoms with Crippen molar-refractivity contribution in [1.29, 1.82) is 0 Å². The lowest BCUT2D eigenvalue weighted by Gasteiger charge is -2.21. The van der Waals surface area contributed by atoms with E-state index in [1.807, 2.05) is 7.05 Å². The molecule has 0 saturated carbocycles. The maximum absolute atomic E-state index is 5.00. The van der Waals surface area contributed by atoms with E-state index in [0.29, 0.717) is 0 Å². The predicted octanol–water partition coefficient (Wildman–Crippen LogP) is 1.22. The maximum Gasteiger partial charge on any atom is 0.166 e. The zero-order valence-electron chi connectivity index (χ0n) is 7.43. The molecular weight excluding hydrogens is 188 g/mol. The average molecular weight is 204 g/mol. The van der Waals surface area contributed by atoms with E-state index in [1.54, 1.807) is 0 Å². The summed E-state index contributed by atoms with van der Waals surface area (Å²) in [5, 5.41) is 6.90. The lowest BCUT2D eigenvalue weighted by molar-refractivity contribution is 0.481. The van der Waals surface area contributed by atoms with Crippen LogP contribution in [0.4, 0.5) is 0 Å². The minimum atomic E-state index is 0.772. The highest BCUT2D eigenvalue weighted by Crippen LogP contribution is 2.21. The van der Waals surface area contributed by atoms with Crippen molar-refractivity contribution < 1.29 is 0 Å². The zero-order chi connectivity index (χ0) is 8.81. The molecular formula is C8H16N2S2. The molecule has 0 amide bonds. The lowest BCUT2D eigenvalue weighted by atomic mass is 10.0. The van der Waals surface area contributed by atoms with Crippen molar-refractivity contribution in [1.82, 2.24) is 10.6 Å². The Morgan fingerprint density at radius 3 is 2.75 bits per heavy atom. The van der Waals surface area contributed by atoms with Crippen LogP contribution in [0.5, 0.6) is 0 Å². The van der Waals surface area contributed by atoms with Gasteiger partial charge in [0.25, 0.3) is 0 Å². The van der Waals surface area contributed by atoms with Crippen LogP contribution in [0.3, 0.4) is 0 Å². The first-order chi connectivity index (χ1) is 5.83. The summed E-state index contributed by atoms with van der Waals surface area (Å²) in [6.07, 6.45) is 2.67. The van der Waals surface area contributed by atoms with Gasteiger partial charge in [-0.15, -0.1) is 0 Å². The van der Waals surface area contributed by atoms with E-state index < -0.39 is 0 Å². The molecule has 0 aliphatic carbocycles. The normalized spacial score (nSPS) is 18.8. The topological polar surface area (TPSA) is 24.1 Å². The van der Waals surface area contributed by atoms with Crippen molar-refractivity contribution in [3.05, 3.63) is 0 Å². The summed E-state index contributed by atoms with van der Waals surface area (Å²) in [5.74, 6) is 3.47. The first-order valence-corrected chi connectivity index (χ1v) is 5.92. The molecule has 0 radical (unpaired) electrons. The van der Waals surface area contributed by atoms with Crippen LogP contribution in [-0.2, 0) is 0 Å². The summed E-state index contributed by atoms with van der Waals surface area (Å²) in [6.45, 7) is 1.04. The van der Waals surface area contributed by atoms with E-state index in [-0.39, 0.29) is 0 Å². The lowest BCUT2D eigenvalue weighted by Crippen LogP contribution is -2.36. The van der Waals surface area contributed by atoms with Crippen LogP contribution in [-0.4, -0.2) is 30.2 Å². The Kier molecular flexibility index (Phi) is 4.76. The van der Waals surface area contributed by atoms with E-state index in [2.05, 4.69) is 22.4 Å². The summed E-state index contributed by atoms with van der Waals surface area (Å²) in [6, 6.07) is 0. The highest BCUT2D eigenvalue weighted by Gasteiger charge is 2.12. The van der Waals surface area contributed by atoms with E-state index in [1.165, 1.54) is 24.3 Å². The van der Waals surface area contributed by atoms with Gasteiger partial charge in [0.05, 0.1) is 0 Å². The van der Waals surface area contributed by atoms with Gasteiger partial charge in [0.15, 0.2) is 5.11 Å². The zero-order valence-corrected chi connectivity index (χ0v) is 9.06. The molecule has 1 aliphatic heterocycles. The van der Waals surface area contributed by atoms with Crippen molar-refractivity contribution in [2.45, 2.75) is 12.8 Å². The molecule has 2 nitrogen and oxygen atoms in total. The van der Waals surface area contributed by atoms with Crippen LogP contribution in [0, 0.1) is 5.92 Å². The molecule has 0 atom stereocenters. The molecule has 0 aromatic heterocycles. The SMILES string of the molecule is CNC(=S)NCC1CCSCC1. The van der Waals surface area contributed by atoms with Gasteiger partial charge in [0.1, 0.15) is 0 Å². The van der Waals surface area contributed by atoms with Gasteiger partial charge in [0.2, 0.25) is 0 Å². The average Bonchev–Trinajstić information content (AvgIpc) is 2.16. The van der Waals surface area contributed by atoms with Gasteiger partial charge in [-0.05, 0) is 42.5 Å². The van der Waals surface area contributed by atoms with Gasteiger partial charge in [-0.2, -0.15) is 11.8 Å². The molecule has 1 rings (SSSR count). The Morgan fingerprint density at radius 2 is 2.17 bits per heavy atom. The Bertz CT molecular complexity index is 144. The van der Waals surface area contributed by atoms with E-state index >= 15 is 0 Å². The molecule has 1 saturated heterocycles. The van der Waals surface area contributed by atoms with Crippen molar-refractivity contribution in [3.63, 3.8) is 0 Å². The fourth-order valence-electron chi connectivity index (χ4n) is 1.28. The Labute approximate surface area is 83.9 Å². The Morgan fingerprint density at radius 1 is 1.50 bits per heavy atom. The third-order valence-electron chi connectivity index (χ3n) is 2.12. The van der Waals surface area contributed by atoms with E-state index in [9.17, 15) is 0 Å². The monoisotopic (exact) mass is 204 g/mol. The first kappa shape index (κ1) is 10.1. The number of hydrogen-bond acceptors (Lipinski definition) is 2. The van der Waals surface area contributed by atoms with E-state index in [0.717, 1.165) is 17.6 Å². The summed E-state index contributed by atoms with van der Waals surface area (Å²) in [4.78, 5) is 0. The number of rotatable bonds is 2. The van der Waals surface area contributed by atoms with Crippen LogP contribution in [0.25, 0.3) is 0 Å². The van der Waals surface area contributed by atoms with Crippen molar-refractivity contribution >= 4 is 29.1 Å². The fraction of sp³-hybridized carbons (Fsp3) is 0.875. The van der Waals surface area contributed by atoms with Crippen LogP contribution >= 0.6 is 24.0 Å². The molecule has 0 unspecified atom stereocenters. The number of thiocarbonyl (C=S) groups is 1. The van der Waals surface area contributed by atoms with Gasteiger partial charge >= 0.3 is 0 Å². The van der Waals surface area contributed by atoms with Gasteiger partial charge in [-0.3, -0.25) is 0 Å². The maximum atomic E-state index is 5.00. The van der Waals surface area contributed by atoms with Gasteiger partial charge in [0, 0.05) is 13.6 Å². The molecule has 0 spiro atoms. The second kappa shape index (κ2) is 5.65. The summed E-state index contributed by atoms with van der Waals surface area (Å²) >= 11 is 7.06. The van der Waals surface area contributed by atoms with Gasteiger partial charge in [-0.25, -0.2) is 0 Å². The number of thioether (sulfide) groups is 1. The molecule has 70 valence electrons. The molecule has 0 aromatic rings. The Hall–Kier alpha value is 0.0400. The fourth-order valence-corrected chi connectivity index (χ4v) is 2.56. The van der Waals surface area contributed by atoms with Crippen LogP contribution < -0.4 is 10.6 Å². The standard InChI is InChI=1S/C8H16N2S2/c1-9-8(11)10-6-7-2-4-12-5-3-7/h7H,2-6H2,1H3,(H2,9,10,11). The molecule has 4 heteroatoms. The summed E-state index contributed by atoms with van der Waals surface area (Å²) in [7, 11) is 1.85. The second-order valence-electron chi connectivity index (χ2n) is 3.02. The molecule has 1 heterocycles. The quantitative estimate of drug-likeness (QED) is 0.661. The van der Waals surface area contributed by atoms with Gasteiger partial charge < -0.3 is 10.6 Å². The highest BCUT2D eigenvalue weighted by molar-refractivity contribution is 7.99. The highest BCUT2D eigenvalue weighted by atomic mass is 32.2. The minimum Gasteiger partial charge on any atom is -0.366 e. The van der Waals surface area contributed by atoms with Crippen molar-refractivity contribution in [2.24, 2.45) is 5.92 Å². The van der Waals surface area contributed by atoms with E-state index in [4.69, 9.17) is 12.2 Å². The smallest absolute Gasteiger partial charge is 0.166 e. The first-order valence-electron chi connectivity index (χ1n) is 4.36. The van der Waals surface area contributed by atoms with Crippen molar-refractivity contribution in [2.75, 3.05) is 25.1 Å².